The van der Waals surface area contributed by atoms with Crippen molar-refractivity contribution >= 4 is 50.7 Å². The van der Waals surface area contributed by atoms with Gasteiger partial charge in [0.2, 0.25) is 0 Å². The van der Waals surface area contributed by atoms with Crippen LogP contribution in [-0.2, 0) is 19.6 Å². The quantitative estimate of drug-likeness (QED) is 0.243. The molecule has 0 aromatic heterocycles. The number of rotatable bonds is 8. The molecule has 40 heavy (non-hydrogen) atoms. The van der Waals surface area contributed by atoms with Gasteiger partial charge in [-0.15, -0.1) is 0 Å². The van der Waals surface area contributed by atoms with Crippen LogP contribution in [0.2, 0.25) is 0 Å². The standard InChI is InChI=1S/C30H24FN3O4S2/c1-19-8-11-23(18-20(19)2)32-27-28(30(36)34(29(27)35)24-14-9-21(31)10-15-24)39-25-16-12-22(13-17-25)33-40(37,38)26-6-4-3-5-7-26/h3-18,32-33H,1-2H3. The molecule has 1 aliphatic rings. The Labute approximate surface area is 235 Å². The molecule has 7 nitrogen and oxygen atoms in total. The maximum Gasteiger partial charge on any atom is 0.283 e. The van der Waals surface area contributed by atoms with Crippen molar-refractivity contribution in [1.29, 1.82) is 0 Å². The number of carbonyl (C=O) groups is 2. The number of nitrogens with zero attached hydrogens (tertiary/aromatic N) is 1. The number of nitrogens with one attached hydrogen (secondary N) is 2. The molecule has 1 aliphatic heterocycles. The second-order valence-corrected chi connectivity index (χ2v) is 11.9. The fraction of sp³-hybridized carbons (Fsp3) is 0.0667. The lowest BCUT2D eigenvalue weighted by Crippen LogP contribution is -2.32. The Morgan fingerprint density at radius 1 is 0.750 bits per heavy atom. The number of carbonyl (C=O) groups excluding carboxylic acids is 2. The average Bonchev–Trinajstić information content (AvgIpc) is 3.16. The lowest BCUT2D eigenvalue weighted by molar-refractivity contribution is -0.120. The molecule has 1 heterocycles. The van der Waals surface area contributed by atoms with Gasteiger partial charge in [-0.05, 0) is 97.8 Å². The van der Waals surface area contributed by atoms with E-state index in [4.69, 9.17) is 0 Å². The average molecular weight is 574 g/mol. The molecule has 10 heteroatoms. The molecule has 4 aromatic rings. The molecule has 202 valence electrons. The van der Waals surface area contributed by atoms with Gasteiger partial charge in [0.05, 0.1) is 10.6 Å². The Kier molecular flexibility index (Phi) is 7.46. The largest absolute Gasteiger partial charge is 0.350 e. The topological polar surface area (TPSA) is 95.6 Å². The van der Waals surface area contributed by atoms with Crippen molar-refractivity contribution in [3.8, 4) is 0 Å². The number of anilines is 3. The van der Waals surface area contributed by atoms with E-state index in [1.807, 2.05) is 32.0 Å². The van der Waals surface area contributed by atoms with Crippen molar-refractivity contribution < 1.29 is 22.4 Å². The number of hydrogen-bond donors (Lipinski definition) is 2. The summed E-state index contributed by atoms with van der Waals surface area (Å²) in [7, 11) is -3.76. The van der Waals surface area contributed by atoms with Gasteiger partial charge in [0, 0.05) is 16.3 Å². The lowest BCUT2D eigenvalue weighted by Gasteiger charge is -2.15. The Morgan fingerprint density at radius 2 is 1.40 bits per heavy atom. The van der Waals surface area contributed by atoms with Crippen LogP contribution in [0.3, 0.4) is 0 Å². The van der Waals surface area contributed by atoms with Crippen LogP contribution in [0.15, 0.2) is 117 Å². The number of halogens is 1. The molecule has 0 aliphatic carbocycles. The first-order valence-electron chi connectivity index (χ1n) is 12.2. The molecule has 4 aromatic carbocycles. The summed E-state index contributed by atoms with van der Waals surface area (Å²) in [5.74, 6) is -1.60. The molecule has 0 spiro atoms. The van der Waals surface area contributed by atoms with Gasteiger partial charge in [0.25, 0.3) is 21.8 Å². The van der Waals surface area contributed by atoms with Crippen molar-refractivity contribution in [3.63, 3.8) is 0 Å². The molecule has 0 saturated heterocycles. The van der Waals surface area contributed by atoms with Crippen LogP contribution in [-0.4, -0.2) is 20.2 Å². The lowest BCUT2D eigenvalue weighted by atomic mass is 10.1. The third kappa shape index (κ3) is 5.63. The number of benzene rings is 4. The van der Waals surface area contributed by atoms with Gasteiger partial charge in [0.15, 0.2) is 0 Å². The number of imide groups is 1. The normalized spacial score (nSPS) is 13.6. The second kappa shape index (κ2) is 11.0. The van der Waals surface area contributed by atoms with E-state index in [-0.39, 0.29) is 21.2 Å². The number of aryl methyl sites for hydroxylation is 2. The first kappa shape index (κ1) is 27.2. The molecule has 0 saturated carbocycles. The van der Waals surface area contributed by atoms with E-state index in [0.29, 0.717) is 16.3 Å². The Balaban J connectivity index is 1.44. The summed E-state index contributed by atoms with van der Waals surface area (Å²) in [6, 6.07) is 25.2. The van der Waals surface area contributed by atoms with Crippen LogP contribution in [0.1, 0.15) is 11.1 Å². The number of sulfonamides is 1. The summed E-state index contributed by atoms with van der Waals surface area (Å²) in [6.07, 6.45) is 0. The predicted octanol–water partition coefficient (Wildman–Crippen LogP) is 6.23. The zero-order valence-electron chi connectivity index (χ0n) is 21.5. The van der Waals surface area contributed by atoms with E-state index in [0.717, 1.165) is 27.8 Å². The van der Waals surface area contributed by atoms with E-state index >= 15 is 0 Å². The summed E-state index contributed by atoms with van der Waals surface area (Å²) >= 11 is 1.08. The summed E-state index contributed by atoms with van der Waals surface area (Å²) < 4.78 is 41.4. The monoisotopic (exact) mass is 573 g/mol. The third-order valence-corrected chi connectivity index (χ3v) is 8.77. The van der Waals surface area contributed by atoms with Gasteiger partial charge in [0.1, 0.15) is 16.4 Å². The molecule has 2 N–H and O–H groups in total. The minimum Gasteiger partial charge on any atom is -0.350 e. The van der Waals surface area contributed by atoms with Crippen molar-refractivity contribution in [3.05, 3.63) is 125 Å². The van der Waals surface area contributed by atoms with E-state index < -0.39 is 27.7 Å². The fourth-order valence-electron chi connectivity index (χ4n) is 4.03. The van der Waals surface area contributed by atoms with E-state index in [9.17, 15) is 22.4 Å². The van der Waals surface area contributed by atoms with Crippen LogP contribution >= 0.6 is 11.8 Å². The van der Waals surface area contributed by atoms with E-state index in [1.54, 1.807) is 42.5 Å². The van der Waals surface area contributed by atoms with Gasteiger partial charge in [-0.25, -0.2) is 17.7 Å². The minimum absolute atomic E-state index is 0.0939. The van der Waals surface area contributed by atoms with E-state index in [2.05, 4.69) is 10.0 Å². The number of amides is 2. The number of thioether (sulfide) groups is 1. The highest BCUT2D eigenvalue weighted by atomic mass is 32.2. The highest BCUT2D eigenvalue weighted by molar-refractivity contribution is 8.04. The van der Waals surface area contributed by atoms with Crippen LogP contribution < -0.4 is 14.9 Å². The molecular formula is C30H24FN3O4S2. The SMILES string of the molecule is Cc1ccc(NC2=C(Sc3ccc(NS(=O)(=O)c4ccccc4)cc3)C(=O)N(c3ccc(F)cc3)C2=O)cc1C. The molecular weight excluding hydrogens is 549 g/mol. The minimum atomic E-state index is -3.76. The predicted molar refractivity (Wildman–Crippen MR) is 155 cm³/mol. The maximum atomic E-state index is 13.5. The Bertz CT molecular complexity index is 1740. The molecule has 0 unspecified atom stereocenters. The molecule has 5 rings (SSSR count). The van der Waals surface area contributed by atoms with Gasteiger partial charge < -0.3 is 5.32 Å². The molecule has 0 bridgehead atoms. The third-order valence-electron chi connectivity index (χ3n) is 6.28. The van der Waals surface area contributed by atoms with Crippen LogP contribution in [0.25, 0.3) is 0 Å². The van der Waals surface area contributed by atoms with Gasteiger partial charge in [-0.3, -0.25) is 14.3 Å². The molecule has 0 fully saturated rings. The zero-order chi connectivity index (χ0) is 28.4. The van der Waals surface area contributed by atoms with Crippen LogP contribution in [0.4, 0.5) is 21.5 Å². The molecule has 0 atom stereocenters. The van der Waals surface area contributed by atoms with Crippen LogP contribution in [0.5, 0.6) is 0 Å². The number of hydrogen-bond acceptors (Lipinski definition) is 6. The summed E-state index contributed by atoms with van der Waals surface area (Å²) in [6.45, 7) is 3.92. The fourth-order valence-corrected chi connectivity index (χ4v) is 6.03. The highest BCUT2D eigenvalue weighted by Crippen LogP contribution is 2.38. The van der Waals surface area contributed by atoms with Crippen molar-refractivity contribution in [2.45, 2.75) is 23.6 Å². The Morgan fingerprint density at radius 3 is 2.05 bits per heavy atom. The van der Waals surface area contributed by atoms with Crippen LogP contribution in [0, 0.1) is 19.7 Å². The highest BCUT2D eigenvalue weighted by Gasteiger charge is 2.40. The summed E-state index contributed by atoms with van der Waals surface area (Å²) in [4.78, 5) is 29.0. The summed E-state index contributed by atoms with van der Waals surface area (Å²) in [5.41, 5.74) is 3.43. The van der Waals surface area contributed by atoms with Crippen molar-refractivity contribution in [2.24, 2.45) is 0 Å². The molecule has 0 radical (unpaired) electrons. The summed E-state index contributed by atoms with van der Waals surface area (Å²) in [5, 5.41) is 3.11. The van der Waals surface area contributed by atoms with Gasteiger partial charge in [-0.1, -0.05) is 36.0 Å². The Hall–Kier alpha value is -4.41. The van der Waals surface area contributed by atoms with Crippen molar-refractivity contribution in [1.82, 2.24) is 0 Å². The first-order chi connectivity index (χ1) is 19.1. The maximum absolute atomic E-state index is 13.5. The second-order valence-electron chi connectivity index (χ2n) is 9.10. The molecule has 2 amide bonds. The van der Waals surface area contributed by atoms with Crippen molar-refractivity contribution in [2.75, 3.05) is 14.9 Å². The first-order valence-corrected chi connectivity index (χ1v) is 14.5. The zero-order valence-corrected chi connectivity index (χ0v) is 23.1. The smallest absolute Gasteiger partial charge is 0.283 e. The van der Waals surface area contributed by atoms with Gasteiger partial charge in [-0.2, -0.15) is 0 Å². The van der Waals surface area contributed by atoms with Gasteiger partial charge >= 0.3 is 0 Å². The van der Waals surface area contributed by atoms with E-state index in [1.165, 1.54) is 36.4 Å².